The Morgan fingerprint density at radius 2 is 1.86 bits per heavy atom. The standard InChI is InChI=1S/C22H17FN2O3S/c1-27-20-10-8-14(11-21(20)28-2)19(26)13-29-22-15(12-24)7-9-18(25-22)16-5-3-4-6-17(16)23/h3-11H,13H2,1-2H3. The van der Waals surface area contributed by atoms with E-state index in [-0.39, 0.29) is 11.5 Å². The Hall–Kier alpha value is -3.37. The minimum atomic E-state index is -0.401. The summed E-state index contributed by atoms with van der Waals surface area (Å²) in [5.41, 5.74) is 1.53. The van der Waals surface area contributed by atoms with Gasteiger partial charge in [-0.2, -0.15) is 5.26 Å². The van der Waals surface area contributed by atoms with Crippen LogP contribution in [0.5, 0.6) is 11.5 Å². The van der Waals surface area contributed by atoms with Crippen molar-refractivity contribution >= 4 is 17.5 Å². The molecule has 7 heteroatoms. The number of nitrogens with zero attached hydrogens (tertiary/aromatic N) is 2. The minimum absolute atomic E-state index is 0.0673. The number of Topliss-reactive ketones (excluding diaryl/α,β-unsaturated/α-hetero) is 1. The molecule has 0 aliphatic carbocycles. The number of halogens is 1. The van der Waals surface area contributed by atoms with Crippen LogP contribution in [-0.2, 0) is 0 Å². The molecule has 146 valence electrons. The van der Waals surface area contributed by atoms with Crippen molar-refractivity contribution in [3.63, 3.8) is 0 Å². The van der Waals surface area contributed by atoms with Crippen LogP contribution in [0.4, 0.5) is 4.39 Å². The molecular weight excluding hydrogens is 391 g/mol. The Morgan fingerprint density at radius 1 is 1.10 bits per heavy atom. The fourth-order valence-electron chi connectivity index (χ4n) is 2.68. The second-order valence-electron chi connectivity index (χ2n) is 5.92. The molecule has 2 aromatic carbocycles. The fraction of sp³-hybridized carbons (Fsp3) is 0.136. The minimum Gasteiger partial charge on any atom is -0.493 e. The van der Waals surface area contributed by atoms with Gasteiger partial charge in [0, 0.05) is 11.1 Å². The third kappa shape index (κ3) is 4.55. The van der Waals surface area contributed by atoms with Crippen LogP contribution in [0.25, 0.3) is 11.3 Å². The predicted molar refractivity (Wildman–Crippen MR) is 109 cm³/mol. The van der Waals surface area contributed by atoms with Crippen molar-refractivity contribution in [2.24, 2.45) is 0 Å². The number of carbonyl (C=O) groups is 1. The first-order valence-electron chi connectivity index (χ1n) is 8.61. The van der Waals surface area contributed by atoms with Crippen molar-refractivity contribution in [2.45, 2.75) is 5.03 Å². The van der Waals surface area contributed by atoms with Gasteiger partial charge in [-0.1, -0.05) is 23.9 Å². The molecule has 3 aromatic rings. The van der Waals surface area contributed by atoms with Gasteiger partial charge in [0.25, 0.3) is 0 Å². The lowest BCUT2D eigenvalue weighted by Crippen LogP contribution is -2.04. The largest absolute Gasteiger partial charge is 0.493 e. The van der Waals surface area contributed by atoms with E-state index in [1.165, 1.54) is 20.3 Å². The number of hydrogen-bond acceptors (Lipinski definition) is 6. The van der Waals surface area contributed by atoms with E-state index in [4.69, 9.17) is 9.47 Å². The van der Waals surface area contributed by atoms with E-state index in [1.54, 1.807) is 48.5 Å². The zero-order chi connectivity index (χ0) is 20.8. The number of nitriles is 1. The predicted octanol–water partition coefficient (Wildman–Crippen LogP) is 4.75. The van der Waals surface area contributed by atoms with Crippen LogP contribution in [0.3, 0.4) is 0 Å². The topological polar surface area (TPSA) is 72.2 Å². The van der Waals surface area contributed by atoms with Gasteiger partial charge in [-0.15, -0.1) is 0 Å². The van der Waals surface area contributed by atoms with Gasteiger partial charge in [0.2, 0.25) is 0 Å². The number of rotatable bonds is 7. The SMILES string of the molecule is COc1ccc(C(=O)CSc2nc(-c3ccccc3F)ccc2C#N)cc1OC. The maximum absolute atomic E-state index is 14.1. The van der Waals surface area contributed by atoms with Crippen molar-refractivity contribution in [2.75, 3.05) is 20.0 Å². The maximum Gasteiger partial charge on any atom is 0.173 e. The number of carbonyl (C=O) groups excluding carboxylic acids is 1. The molecule has 29 heavy (non-hydrogen) atoms. The van der Waals surface area contributed by atoms with Gasteiger partial charge in [-0.3, -0.25) is 4.79 Å². The number of pyridine rings is 1. The second-order valence-corrected chi connectivity index (χ2v) is 6.89. The highest BCUT2D eigenvalue weighted by Gasteiger charge is 2.15. The van der Waals surface area contributed by atoms with Crippen LogP contribution in [0.15, 0.2) is 59.6 Å². The zero-order valence-corrected chi connectivity index (χ0v) is 16.6. The number of thioether (sulfide) groups is 1. The van der Waals surface area contributed by atoms with Crippen molar-refractivity contribution in [3.05, 3.63) is 71.5 Å². The summed E-state index contributed by atoms with van der Waals surface area (Å²) in [6.45, 7) is 0. The molecule has 0 atom stereocenters. The van der Waals surface area contributed by atoms with Crippen molar-refractivity contribution in [3.8, 4) is 28.8 Å². The highest BCUT2D eigenvalue weighted by molar-refractivity contribution is 8.00. The molecule has 1 aromatic heterocycles. The average Bonchev–Trinajstić information content (AvgIpc) is 2.77. The lowest BCUT2D eigenvalue weighted by atomic mass is 10.1. The molecule has 0 aliphatic rings. The third-order valence-electron chi connectivity index (χ3n) is 4.18. The smallest absolute Gasteiger partial charge is 0.173 e. The van der Waals surface area contributed by atoms with Gasteiger partial charge >= 0.3 is 0 Å². The molecule has 0 amide bonds. The summed E-state index contributed by atoms with van der Waals surface area (Å²) in [7, 11) is 3.02. The van der Waals surface area contributed by atoms with Crippen LogP contribution in [0.1, 0.15) is 15.9 Å². The third-order valence-corrected chi connectivity index (χ3v) is 5.17. The average molecular weight is 408 g/mol. The number of hydrogen-bond donors (Lipinski definition) is 0. The van der Waals surface area contributed by atoms with E-state index in [0.29, 0.717) is 38.9 Å². The van der Waals surface area contributed by atoms with Crippen LogP contribution in [0, 0.1) is 17.1 Å². The normalized spacial score (nSPS) is 10.3. The van der Waals surface area contributed by atoms with Gasteiger partial charge in [0.1, 0.15) is 16.9 Å². The molecule has 0 unspecified atom stereocenters. The Balaban J connectivity index is 1.83. The van der Waals surface area contributed by atoms with Gasteiger partial charge < -0.3 is 9.47 Å². The summed E-state index contributed by atoms with van der Waals surface area (Å²) < 4.78 is 24.5. The summed E-state index contributed by atoms with van der Waals surface area (Å²) in [4.78, 5) is 17.0. The van der Waals surface area contributed by atoms with E-state index in [2.05, 4.69) is 11.1 Å². The molecule has 0 radical (unpaired) electrons. The monoisotopic (exact) mass is 408 g/mol. The van der Waals surface area contributed by atoms with Crippen LogP contribution >= 0.6 is 11.8 Å². The van der Waals surface area contributed by atoms with E-state index in [9.17, 15) is 14.4 Å². The first-order chi connectivity index (χ1) is 14.1. The van der Waals surface area contributed by atoms with Crippen LogP contribution in [-0.4, -0.2) is 30.7 Å². The molecule has 5 nitrogen and oxygen atoms in total. The number of benzene rings is 2. The van der Waals surface area contributed by atoms with E-state index < -0.39 is 5.82 Å². The Morgan fingerprint density at radius 3 is 2.55 bits per heavy atom. The maximum atomic E-state index is 14.1. The van der Waals surface area contributed by atoms with Crippen molar-refractivity contribution < 1.29 is 18.7 Å². The van der Waals surface area contributed by atoms with Crippen LogP contribution in [0.2, 0.25) is 0 Å². The molecule has 0 spiro atoms. The number of methoxy groups -OCH3 is 2. The summed E-state index contributed by atoms with van der Waals surface area (Å²) in [5.74, 6) is 0.501. The molecule has 0 saturated heterocycles. The molecule has 0 aliphatic heterocycles. The first-order valence-corrected chi connectivity index (χ1v) is 9.60. The molecule has 0 N–H and O–H groups in total. The Bertz CT molecular complexity index is 1100. The summed E-state index contributed by atoms with van der Waals surface area (Å²) in [6, 6.07) is 16.4. The van der Waals surface area contributed by atoms with E-state index in [1.807, 2.05) is 0 Å². The van der Waals surface area contributed by atoms with Gasteiger partial charge in [0.15, 0.2) is 17.3 Å². The Kier molecular flexibility index (Phi) is 6.47. The quantitative estimate of drug-likeness (QED) is 0.415. The van der Waals surface area contributed by atoms with Gasteiger partial charge in [-0.25, -0.2) is 9.37 Å². The lowest BCUT2D eigenvalue weighted by molar-refractivity contribution is 0.102. The zero-order valence-electron chi connectivity index (χ0n) is 15.8. The number of aromatic nitrogens is 1. The first kappa shape index (κ1) is 20.4. The van der Waals surface area contributed by atoms with Crippen LogP contribution < -0.4 is 9.47 Å². The van der Waals surface area contributed by atoms with Gasteiger partial charge in [-0.05, 0) is 42.5 Å². The lowest BCUT2D eigenvalue weighted by Gasteiger charge is -2.10. The molecule has 0 fully saturated rings. The molecule has 3 rings (SSSR count). The van der Waals surface area contributed by atoms with Crippen molar-refractivity contribution in [1.29, 1.82) is 5.26 Å². The summed E-state index contributed by atoms with van der Waals surface area (Å²) >= 11 is 1.14. The van der Waals surface area contributed by atoms with Crippen molar-refractivity contribution in [1.82, 2.24) is 4.98 Å². The van der Waals surface area contributed by atoms with Gasteiger partial charge in [0.05, 0.1) is 31.2 Å². The second kappa shape index (κ2) is 9.22. The molecule has 1 heterocycles. The fourth-order valence-corrected chi connectivity index (χ4v) is 3.55. The van der Waals surface area contributed by atoms with E-state index in [0.717, 1.165) is 11.8 Å². The highest BCUT2D eigenvalue weighted by Crippen LogP contribution is 2.30. The number of ether oxygens (including phenoxy) is 2. The number of ketones is 1. The van der Waals surface area contributed by atoms with E-state index >= 15 is 0 Å². The summed E-state index contributed by atoms with van der Waals surface area (Å²) in [6.07, 6.45) is 0. The molecule has 0 saturated carbocycles. The highest BCUT2D eigenvalue weighted by atomic mass is 32.2. The molecular formula is C22H17FN2O3S. The Labute approximate surface area is 172 Å². The summed E-state index contributed by atoms with van der Waals surface area (Å²) in [5, 5.41) is 9.73. The molecule has 0 bridgehead atoms.